The SMILES string of the molecule is CN(C)CCc1ccc(C2=CC3=C4CCCC4=C4C=C(c5ccc(CCN(C)C)cc5)SC(C)(S2)C34C)cc1. The predicted octanol–water partition coefficient (Wildman–Crippen LogP) is 8.28. The topological polar surface area (TPSA) is 6.48 Å². The summed E-state index contributed by atoms with van der Waals surface area (Å²) in [6, 6.07) is 18.8. The van der Waals surface area contributed by atoms with Crippen molar-refractivity contribution in [3.05, 3.63) is 105 Å². The molecule has 0 N–H and O–H groups in total. The van der Waals surface area contributed by atoms with E-state index in [0.29, 0.717) is 0 Å². The molecule has 0 bridgehead atoms. The summed E-state index contributed by atoms with van der Waals surface area (Å²) in [7, 11) is 8.59. The summed E-state index contributed by atoms with van der Waals surface area (Å²) in [6.07, 6.45) is 11.1. The van der Waals surface area contributed by atoms with Gasteiger partial charge in [-0.3, -0.25) is 0 Å². The van der Waals surface area contributed by atoms with Gasteiger partial charge in [-0.15, -0.1) is 23.5 Å². The lowest BCUT2D eigenvalue weighted by Gasteiger charge is -2.52. The van der Waals surface area contributed by atoms with Crippen LogP contribution < -0.4 is 0 Å². The normalized spacial score (nSPS) is 25.8. The number of benzene rings is 2. The molecule has 0 aromatic heterocycles. The van der Waals surface area contributed by atoms with Crippen LogP contribution in [0.5, 0.6) is 0 Å². The summed E-state index contributed by atoms with van der Waals surface area (Å²) in [5.74, 6) is 0. The molecule has 39 heavy (non-hydrogen) atoms. The van der Waals surface area contributed by atoms with Crippen molar-refractivity contribution >= 4 is 33.3 Å². The van der Waals surface area contributed by atoms with Gasteiger partial charge in [-0.05, 0) is 131 Å². The maximum Gasteiger partial charge on any atom is 0.0811 e. The third-order valence-electron chi connectivity index (χ3n) is 9.19. The lowest BCUT2D eigenvalue weighted by atomic mass is 9.73. The first kappa shape index (κ1) is 27.2. The minimum Gasteiger partial charge on any atom is -0.309 e. The van der Waals surface area contributed by atoms with E-state index in [1.807, 2.05) is 0 Å². The zero-order chi connectivity index (χ0) is 27.4. The molecule has 2 heterocycles. The Morgan fingerprint density at radius 2 is 1.05 bits per heavy atom. The molecule has 204 valence electrons. The second kappa shape index (κ2) is 10.4. The Labute approximate surface area is 244 Å². The van der Waals surface area contributed by atoms with Crippen molar-refractivity contribution in [2.45, 2.75) is 50.0 Å². The molecule has 0 saturated heterocycles. The fourth-order valence-corrected chi connectivity index (χ4v) is 9.92. The quantitative estimate of drug-likeness (QED) is 0.324. The van der Waals surface area contributed by atoms with Crippen molar-refractivity contribution in [2.24, 2.45) is 5.41 Å². The third kappa shape index (κ3) is 4.82. The third-order valence-corrected chi connectivity index (χ3v) is 12.4. The van der Waals surface area contributed by atoms with Crippen LogP contribution in [0.3, 0.4) is 0 Å². The number of rotatable bonds is 8. The van der Waals surface area contributed by atoms with Crippen LogP contribution in [0.15, 0.2) is 83.0 Å². The van der Waals surface area contributed by atoms with Crippen LogP contribution in [0.2, 0.25) is 0 Å². The first-order valence-corrected chi connectivity index (χ1v) is 16.1. The number of hydrogen-bond donors (Lipinski definition) is 0. The van der Waals surface area contributed by atoms with E-state index >= 15 is 0 Å². The molecular weight excluding hydrogens is 513 g/mol. The van der Waals surface area contributed by atoms with E-state index in [-0.39, 0.29) is 9.49 Å². The molecule has 0 atom stereocenters. The van der Waals surface area contributed by atoms with Gasteiger partial charge in [0.1, 0.15) is 0 Å². The van der Waals surface area contributed by atoms with Gasteiger partial charge in [0.2, 0.25) is 0 Å². The second-order valence-corrected chi connectivity index (χ2v) is 15.6. The van der Waals surface area contributed by atoms with E-state index in [0.717, 1.165) is 25.9 Å². The smallest absolute Gasteiger partial charge is 0.0811 e. The number of hydrogen-bond acceptors (Lipinski definition) is 4. The van der Waals surface area contributed by atoms with Gasteiger partial charge >= 0.3 is 0 Å². The molecule has 0 amide bonds. The van der Waals surface area contributed by atoms with Crippen LogP contribution in [0.25, 0.3) is 9.81 Å². The Kier molecular flexibility index (Phi) is 7.29. The molecule has 0 radical (unpaired) electrons. The van der Waals surface area contributed by atoms with E-state index in [9.17, 15) is 0 Å². The Morgan fingerprint density at radius 1 is 0.641 bits per heavy atom. The van der Waals surface area contributed by atoms with Gasteiger partial charge in [0, 0.05) is 28.3 Å². The summed E-state index contributed by atoms with van der Waals surface area (Å²) >= 11 is 4.19. The van der Waals surface area contributed by atoms with Crippen LogP contribution in [0, 0.1) is 5.41 Å². The van der Waals surface area contributed by atoms with Gasteiger partial charge in [0.15, 0.2) is 0 Å². The van der Waals surface area contributed by atoms with E-state index in [1.165, 1.54) is 51.3 Å². The van der Waals surface area contributed by atoms with Crippen LogP contribution in [0.1, 0.15) is 55.4 Å². The Balaban J connectivity index is 1.35. The van der Waals surface area contributed by atoms with Crippen molar-refractivity contribution in [1.82, 2.24) is 9.80 Å². The number of thioether (sulfide) groups is 2. The maximum absolute atomic E-state index is 2.56. The molecule has 0 spiro atoms. The maximum atomic E-state index is 2.56. The van der Waals surface area contributed by atoms with E-state index < -0.39 is 0 Å². The number of nitrogens with zero attached hydrogens (tertiary/aromatic N) is 2. The van der Waals surface area contributed by atoms with Crippen molar-refractivity contribution in [2.75, 3.05) is 41.3 Å². The molecule has 4 heteroatoms. The van der Waals surface area contributed by atoms with E-state index in [1.54, 1.807) is 22.3 Å². The molecule has 0 unspecified atom stereocenters. The molecule has 4 aliphatic rings. The average molecular weight is 555 g/mol. The lowest BCUT2D eigenvalue weighted by Crippen LogP contribution is -2.43. The van der Waals surface area contributed by atoms with E-state index in [2.05, 4.69) is 136 Å². The number of allylic oxidation sites excluding steroid dienone is 6. The van der Waals surface area contributed by atoms with E-state index in [4.69, 9.17) is 0 Å². The van der Waals surface area contributed by atoms with Crippen molar-refractivity contribution in [3.63, 3.8) is 0 Å². The summed E-state index contributed by atoms with van der Waals surface area (Å²) in [6.45, 7) is 7.22. The van der Waals surface area contributed by atoms with Gasteiger partial charge in [0.25, 0.3) is 0 Å². The first-order chi connectivity index (χ1) is 18.7. The first-order valence-electron chi connectivity index (χ1n) is 14.4. The summed E-state index contributed by atoms with van der Waals surface area (Å²) in [4.78, 5) is 7.37. The zero-order valence-corrected chi connectivity index (χ0v) is 26.1. The Hall–Kier alpha value is -1.98. The lowest BCUT2D eigenvalue weighted by molar-refractivity contribution is 0.413. The van der Waals surface area contributed by atoms with Gasteiger partial charge in [-0.25, -0.2) is 0 Å². The highest BCUT2D eigenvalue weighted by molar-refractivity contribution is 8.26. The highest BCUT2D eigenvalue weighted by Crippen LogP contribution is 2.73. The van der Waals surface area contributed by atoms with Crippen LogP contribution in [0.4, 0.5) is 0 Å². The highest BCUT2D eigenvalue weighted by atomic mass is 32.2. The molecular formula is C35H42N2S2. The Morgan fingerprint density at radius 3 is 1.44 bits per heavy atom. The zero-order valence-electron chi connectivity index (χ0n) is 24.4. The van der Waals surface area contributed by atoms with Crippen LogP contribution in [-0.2, 0) is 12.8 Å². The largest absolute Gasteiger partial charge is 0.309 e. The van der Waals surface area contributed by atoms with Gasteiger partial charge < -0.3 is 9.80 Å². The minimum absolute atomic E-state index is 0.00333. The summed E-state index contributed by atoms with van der Waals surface area (Å²) in [5.41, 5.74) is 12.1. The monoisotopic (exact) mass is 554 g/mol. The molecule has 1 fully saturated rings. The standard InChI is InChI=1S/C35H42N2S2/c1-34-30-22-32(26-14-10-24(11-15-26)18-20-36(3)4)38-35(34,2)39-33(23-31(34)29-9-7-8-28(29)30)27-16-12-25(13-17-27)19-21-37(5)6/h10-17,22-23H,7-9,18-21H2,1-6H3. The van der Waals surface area contributed by atoms with Gasteiger partial charge in [-0.2, -0.15) is 0 Å². The second-order valence-electron chi connectivity index (χ2n) is 12.4. The fourth-order valence-electron chi connectivity index (χ4n) is 6.67. The molecule has 2 aliphatic carbocycles. The summed E-state index contributed by atoms with van der Waals surface area (Å²) < 4.78 is 0.00333. The van der Waals surface area contributed by atoms with Crippen molar-refractivity contribution in [3.8, 4) is 0 Å². The van der Waals surface area contributed by atoms with Gasteiger partial charge in [0.05, 0.1) is 4.08 Å². The summed E-state index contributed by atoms with van der Waals surface area (Å²) in [5, 5.41) is 0. The van der Waals surface area contributed by atoms with Crippen LogP contribution in [-0.4, -0.2) is 55.2 Å². The molecule has 6 rings (SSSR count). The number of likely N-dealkylation sites (N-methyl/N-ethyl adjacent to an activating group) is 2. The molecule has 2 aromatic carbocycles. The van der Waals surface area contributed by atoms with Crippen LogP contribution >= 0.6 is 23.5 Å². The molecule has 2 aromatic rings. The Bertz CT molecular complexity index is 1290. The molecule has 2 nitrogen and oxygen atoms in total. The average Bonchev–Trinajstić information content (AvgIpc) is 3.47. The van der Waals surface area contributed by atoms with Crippen molar-refractivity contribution < 1.29 is 0 Å². The predicted molar refractivity (Wildman–Crippen MR) is 173 cm³/mol. The highest BCUT2D eigenvalue weighted by Gasteiger charge is 2.59. The number of fused-ring (bicyclic) bond motifs is 1. The molecule has 1 saturated carbocycles. The fraction of sp³-hybridized carbons (Fsp3) is 0.429. The van der Waals surface area contributed by atoms with Crippen molar-refractivity contribution in [1.29, 1.82) is 0 Å². The molecule has 2 aliphatic heterocycles. The van der Waals surface area contributed by atoms with Gasteiger partial charge in [-0.1, -0.05) is 48.5 Å². The minimum atomic E-state index is 0.00333.